The van der Waals surface area contributed by atoms with Crippen molar-refractivity contribution in [2.75, 3.05) is 24.5 Å². The number of aromatic nitrogens is 3. The van der Waals surface area contributed by atoms with E-state index in [1.807, 2.05) is 28.7 Å². The lowest BCUT2D eigenvalue weighted by atomic mass is 9.90. The van der Waals surface area contributed by atoms with Gasteiger partial charge in [-0.1, -0.05) is 6.07 Å². The Morgan fingerprint density at radius 2 is 1.97 bits per heavy atom. The summed E-state index contributed by atoms with van der Waals surface area (Å²) in [5.41, 5.74) is 5.50. The van der Waals surface area contributed by atoms with E-state index in [1.54, 1.807) is 6.20 Å². The first-order chi connectivity index (χ1) is 15.5. The van der Waals surface area contributed by atoms with Gasteiger partial charge < -0.3 is 4.90 Å². The number of hydrogen-bond acceptors (Lipinski definition) is 5. The van der Waals surface area contributed by atoms with Crippen molar-refractivity contribution in [3.8, 4) is 0 Å². The van der Waals surface area contributed by atoms with Crippen molar-refractivity contribution in [3.05, 3.63) is 59.7 Å². The van der Waals surface area contributed by atoms with Crippen molar-refractivity contribution >= 4 is 23.1 Å². The van der Waals surface area contributed by atoms with Crippen LogP contribution in [0.1, 0.15) is 36.1 Å². The summed E-state index contributed by atoms with van der Waals surface area (Å²) in [6, 6.07) is 8.61. The summed E-state index contributed by atoms with van der Waals surface area (Å²) in [6.07, 6.45) is 9.60. The minimum atomic E-state index is -0.103. The lowest BCUT2D eigenvalue weighted by molar-refractivity contribution is -0.119. The molecule has 0 radical (unpaired) electrons. The molecule has 3 aromatic rings. The van der Waals surface area contributed by atoms with Gasteiger partial charge in [-0.2, -0.15) is 5.10 Å². The Hall–Kier alpha value is -3.26. The lowest BCUT2D eigenvalue weighted by Gasteiger charge is -2.32. The fourth-order valence-electron chi connectivity index (χ4n) is 4.71. The number of rotatable bonds is 5. The number of carbonyl (C=O) groups is 1. The second-order valence-electron chi connectivity index (χ2n) is 8.92. The van der Waals surface area contributed by atoms with E-state index in [9.17, 15) is 4.79 Å². The molecular weight excluding hydrogens is 402 g/mol. The quantitative estimate of drug-likeness (QED) is 0.648. The van der Waals surface area contributed by atoms with Gasteiger partial charge in [0.25, 0.3) is 0 Å². The van der Waals surface area contributed by atoms with E-state index in [2.05, 4.69) is 44.6 Å². The number of piperidine rings is 1. The van der Waals surface area contributed by atoms with Gasteiger partial charge in [-0.05, 0) is 74.5 Å². The van der Waals surface area contributed by atoms with E-state index in [-0.39, 0.29) is 11.9 Å². The van der Waals surface area contributed by atoms with Gasteiger partial charge in [0.05, 0.1) is 17.4 Å². The van der Waals surface area contributed by atoms with Crippen molar-refractivity contribution in [1.82, 2.24) is 24.8 Å². The third-order valence-electron chi connectivity index (χ3n) is 6.56. The van der Waals surface area contributed by atoms with Crippen LogP contribution < -0.4 is 10.2 Å². The number of likely N-dealkylation sites (tertiary alicyclic amines) is 1. The van der Waals surface area contributed by atoms with Crippen molar-refractivity contribution in [3.63, 3.8) is 0 Å². The highest BCUT2D eigenvalue weighted by atomic mass is 16.2. The zero-order valence-electron chi connectivity index (χ0n) is 18.4. The number of guanidine groups is 1. The molecule has 5 rings (SSSR count). The first kappa shape index (κ1) is 20.6. The number of fused-ring (bicyclic) bond motifs is 1. The molecule has 3 aromatic heterocycles. The second-order valence-corrected chi connectivity index (χ2v) is 8.92. The molecule has 2 aliphatic rings. The van der Waals surface area contributed by atoms with E-state index in [0.717, 1.165) is 43.0 Å². The van der Waals surface area contributed by atoms with Crippen molar-refractivity contribution in [2.24, 2.45) is 5.92 Å². The summed E-state index contributed by atoms with van der Waals surface area (Å²) >= 11 is 0. The molecule has 0 bridgehead atoms. The number of nitrogens with zero attached hydrogens (tertiary/aromatic N) is 5. The Kier molecular flexibility index (Phi) is 5.61. The van der Waals surface area contributed by atoms with Gasteiger partial charge in [-0.25, -0.2) is 4.52 Å². The molecule has 2 aliphatic heterocycles. The molecule has 32 heavy (non-hydrogen) atoms. The third-order valence-corrected chi connectivity index (χ3v) is 6.56. The van der Waals surface area contributed by atoms with Crippen LogP contribution in [0.3, 0.4) is 0 Å². The molecule has 2 saturated heterocycles. The number of carbonyl (C=O) groups excluding carboxylic acids is 1. The largest absolute Gasteiger partial charge is 0.309 e. The molecule has 1 amide bonds. The average molecular weight is 432 g/mol. The normalized spacial score (nSPS) is 18.3. The molecule has 8 nitrogen and oxygen atoms in total. The number of anilines is 1. The number of amides is 1. The summed E-state index contributed by atoms with van der Waals surface area (Å²) in [7, 11) is 0. The first-order valence-electron chi connectivity index (χ1n) is 11.3. The zero-order chi connectivity index (χ0) is 22.1. The Bertz CT molecular complexity index is 1130. The van der Waals surface area contributed by atoms with Gasteiger partial charge in [0.2, 0.25) is 11.9 Å². The maximum Gasteiger partial charge on any atom is 0.228 e. The van der Waals surface area contributed by atoms with Gasteiger partial charge in [0, 0.05) is 37.6 Å². The number of pyridine rings is 2. The van der Waals surface area contributed by atoms with E-state index < -0.39 is 0 Å². The Balaban J connectivity index is 1.23. The molecule has 5 heterocycles. The number of hydrogen-bond donors (Lipinski definition) is 2. The van der Waals surface area contributed by atoms with Crippen LogP contribution in [0.15, 0.2) is 42.9 Å². The summed E-state index contributed by atoms with van der Waals surface area (Å²) in [4.78, 5) is 20.3. The predicted molar refractivity (Wildman–Crippen MR) is 124 cm³/mol. The molecule has 0 spiro atoms. The predicted octanol–water partition coefficient (Wildman–Crippen LogP) is 2.75. The minimum Gasteiger partial charge on any atom is -0.309 e. The van der Waals surface area contributed by atoms with Crippen LogP contribution in [0.25, 0.3) is 5.52 Å². The fourth-order valence-corrected chi connectivity index (χ4v) is 4.71. The standard InChI is InChI=1S/C24H29N7O/c1-17-2-3-20(14-26-17)16-29-8-4-18(5-9-29)12-19-6-11-31-21(13-19)22(15-27-31)30-10-7-23(32)28-24(30)25/h2-3,6,11,13-15,18H,4-5,7-10,12,16H2,1H3,(H2,25,28,32). The summed E-state index contributed by atoms with van der Waals surface area (Å²) in [5, 5.41) is 15.2. The summed E-state index contributed by atoms with van der Waals surface area (Å²) in [5.74, 6) is 0.690. The molecule has 0 aliphatic carbocycles. The zero-order valence-corrected chi connectivity index (χ0v) is 18.4. The van der Waals surface area contributed by atoms with Gasteiger partial charge in [0.1, 0.15) is 0 Å². The summed E-state index contributed by atoms with van der Waals surface area (Å²) in [6.45, 7) is 5.73. The Labute approximate surface area is 187 Å². The lowest BCUT2D eigenvalue weighted by Crippen LogP contribution is -2.50. The van der Waals surface area contributed by atoms with Gasteiger partial charge in [-0.3, -0.25) is 25.4 Å². The average Bonchev–Trinajstić information content (AvgIpc) is 3.20. The molecule has 0 saturated carbocycles. The second kappa shape index (κ2) is 8.70. The van der Waals surface area contributed by atoms with E-state index in [1.165, 1.54) is 24.0 Å². The van der Waals surface area contributed by atoms with Crippen LogP contribution in [0.2, 0.25) is 0 Å². The van der Waals surface area contributed by atoms with Crippen LogP contribution in [-0.4, -0.2) is 51.0 Å². The van der Waals surface area contributed by atoms with Gasteiger partial charge in [-0.15, -0.1) is 0 Å². The van der Waals surface area contributed by atoms with Gasteiger partial charge >= 0.3 is 0 Å². The van der Waals surface area contributed by atoms with Crippen LogP contribution in [0.4, 0.5) is 5.69 Å². The van der Waals surface area contributed by atoms with Crippen molar-refractivity contribution in [1.29, 1.82) is 5.41 Å². The molecule has 0 unspecified atom stereocenters. The molecule has 2 fully saturated rings. The fraction of sp³-hybridized carbons (Fsp3) is 0.417. The van der Waals surface area contributed by atoms with E-state index in [0.29, 0.717) is 18.9 Å². The van der Waals surface area contributed by atoms with E-state index >= 15 is 0 Å². The summed E-state index contributed by atoms with van der Waals surface area (Å²) < 4.78 is 1.85. The SMILES string of the molecule is Cc1ccc(CN2CCC(Cc3ccn4ncc(N5CCC(=O)NC5=N)c4c3)CC2)cn1. The molecule has 0 atom stereocenters. The van der Waals surface area contributed by atoms with Crippen molar-refractivity contribution in [2.45, 2.75) is 39.2 Å². The van der Waals surface area contributed by atoms with Crippen LogP contribution in [-0.2, 0) is 17.8 Å². The highest BCUT2D eigenvalue weighted by Gasteiger charge is 2.24. The van der Waals surface area contributed by atoms with E-state index in [4.69, 9.17) is 5.41 Å². The maximum absolute atomic E-state index is 11.6. The highest BCUT2D eigenvalue weighted by Crippen LogP contribution is 2.27. The first-order valence-corrected chi connectivity index (χ1v) is 11.3. The topological polar surface area (TPSA) is 89.6 Å². The molecule has 166 valence electrons. The molecular formula is C24H29N7O. The van der Waals surface area contributed by atoms with Crippen LogP contribution in [0.5, 0.6) is 0 Å². The van der Waals surface area contributed by atoms with Crippen molar-refractivity contribution < 1.29 is 4.79 Å². The minimum absolute atomic E-state index is 0.103. The molecule has 8 heteroatoms. The number of aryl methyl sites for hydroxylation is 1. The maximum atomic E-state index is 11.6. The smallest absolute Gasteiger partial charge is 0.228 e. The molecule has 2 N–H and O–H groups in total. The van der Waals surface area contributed by atoms with Crippen LogP contribution in [0, 0.1) is 18.3 Å². The third kappa shape index (κ3) is 4.36. The van der Waals surface area contributed by atoms with Crippen LogP contribution >= 0.6 is 0 Å². The monoisotopic (exact) mass is 431 g/mol. The highest BCUT2D eigenvalue weighted by molar-refractivity contribution is 6.08. The number of nitrogens with one attached hydrogen (secondary N) is 2. The Morgan fingerprint density at radius 1 is 1.12 bits per heavy atom. The molecule has 0 aromatic carbocycles. The Morgan fingerprint density at radius 3 is 2.72 bits per heavy atom. The van der Waals surface area contributed by atoms with Gasteiger partial charge in [0.15, 0.2) is 0 Å².